The van der Waals surface area contributed by atoms with Crippen LogP contribution in [-0.2, 0) is 12.8 Å². The van der Waals surface area contributed by atoms with E-state index < -0.39 is 0 Å². The number of nitrogens with one attached hydrogen (secondary N) is 1. The first kappa shape index (κ1) is 13.7. The molecule has 0 amide bonds. The van der Waals surface area contributed by atoms with Crippen LogP contribution in [0.3, 0.4) is 0 Å². The lowest BCUT2D eigenvalue weighted by Crippen LogP contribution is -2.28. The molecule has 4 rings (SSSR count). The van der Waals surface area contributed by atoms with Crippen molar-refractivity contribution in [2.24, 2.45) is 5.92 Å². The topological polar surface area (TPSA) is 37.8 Å². The highest BCUT2D eigenvalue weighted by atomic mass is 32.1. The summed E-state index contributed by atoms with van der Waals surface area (Å²) < 4.78 is 2.50. The van der Waals surface area contributed by atoms with Gasteiger partial charge in [-0.25, -0.2) is 0 Å². The molecule has 112 valence electrons. The van der Waals surface area contributed by atoms with Crippen molar-refractivity contribution in [1.82, 2.24) is 9.55 Å². The van der Waals surface area contributed by atoms with E-state index in [9.17, 15) is 4.79 Å². The second-order valence-electron chi connectivity index (χ2n) is 6.50. The summed E-state index contributed by atoms with van der Waals surface area (Å²) in [5.74, 6) is 0.546. The highest BCUT2D eigenvalue weighted by Crippen LogP contribution is 2.37. The molecule has 2 aromatic heterocycles. The van der Waals surface area contributed by atoms with E-state index in [1.54, 1.807) is 11.3 Å². The third-order valence-corrected chi connectivity index (χ3v) is 6.70. The van der Waals surface area contributed by atoms with Crippen LogP contribution in [0.25, 0.3) is 10.2 Å². The molecule has 0 aliphatic heterocycles. The number of H-pyrrole nitrogens is 1. The summed E-state index contributed by atoms with van der Waals surface area (Å²) in [6, 6.07) is 0.282. The van der Waals surface area contributed by atoms with Crippen LogP contribution >= 0.6 is 23.6 Å². The Labute approximate surface area is 133 Å². The SMILES string of the molecule is CC1CCCC1n1c(=S)[nH]c2sc3c(c2c1=O)CCCC3. The van der Waals surface area contributed by atoms with E-state index in [1.807, 2.05) is 4.57 Å². The summed E-state index contributed by atoms with van der Waals surface area (Å²) in [5, 5.41) is 0.933. The Morgan fingerprint density at radius 1 is 1.24 bits per heavy atom. The van der Waals surface area contributed by atoms with Crippen molar-refractivity contribution < 1.29 is 0 Å². The molecule has 2 atom stereocenters. The van der Waals surface area contributed by atoms with Gasteiger partial charge < -0.3 is 4.98 Å². The molecule has 0 bridgehead atoms. The minimum atomic E-state index is 0.159. The summed E-state index contributed by atoms with van der Waals surface area (Å²) in [4.78, 5) is 18.8. The maximum atomic E-state index is 13.1. The van der Waals surface area contributed by atoms with Crippen LogP contribution in [0.2, 0.25) is 0 Å². The molecule has 0 saturated heterocycles. The fourth-order valence-electron chi connectivity index (χ4n) is 4.06. The number of nitrogens with zero attached hydrogens (tertiary/aromatic N) is 1. The zero-order valence-electron chi connectivity index (χ0n) is 12.3. The second-order valence-corrected chi connectivity index (χ2v) is 7.99. The predicted octanol–water partition coefficient (Wildman–Crippen LogP) is 4.36. The molecule has 0 spiro atoms. The Morgan fingerprint density at radius 3 is 2.81 bits per heavy atom. The van der Waals surface area contributed by atoms with E-state index in [4.69, 9.17) is 12.2 Å². The Morgan fingerprint density at radius 2 is 2.05 bits per heavy atom. The van der Waals surface area contributed by atoms with E-state index in [0.29, 0.717) is 10.7 Å². The Kier molecular flexibility index (Phi) is 3.30. The van der Waals surface area contributed by atoms with Gasteiger partial charge >= 0.3 is 0 Å². The molecule has 2 heterocycles. The van der Waals surface area contributed by atoms with E-state index in [1.165, 1.54) is 36.1 Å². The van der Waals surface area contributed by atoms with Gasteiger partial charge in [0.15, 0.2) is 4.77 Å². The fraction of sp³-hybridized carbons (Fsp3) is 0.625. The summed E-state index contributed by atoms with van der Waals surface area (Å²) in [7, 11) is 0. The number of hydrogen-bond acceptors (Lipinski definition) is 3. The minimum absolute atomic E-state index is 0.159. The number of fused-ring (bicyclic) bond motifs is 3. The van der Waals surface area contributed by atoms with Gasteiger partial charge in [0.2, 0.25) is 0 Å². The quantitative estimate of drug-likeness (QED) is 0.793. The molecule has 0 aromatic carbocycles. The lowest BCUT2D eigenvalue weighted by Gasteiger charge is -2.19. The molecule has 5 heteroatoms. The number of thiophene rings is 1. The van der Waals surface area contributed by atoms with Gasteiger partial charge in [-0.05, 0) is 62.2 Å². The van der Waals surface area contributed by atoms with Gasteiger partial charge in [-0.3, -0.25) is 9.36 Å². The Hall–Kier alpha value is -0.940. The summed E-state index contributed by atoms with van der Waals surface area (Å²) >= 11 is 7.26. The standard InChI is InChI=1S/C16H20N2OS2/c1-9-5-4-7-11(9)18-15(19)13-10-6-2-3-8-12(10)21-14(13)17-16(18)20/h9,11H,2-8H2,1H3,(H,17,20). The summed E-state index contributed by atoms with van der Waals surface area (Å²) in [6.07, 6.45) is 8.10. The molecule has 1 N–H and O–H groups in total. The van der Waals surface area contributed by atoms with Gasteiger partial charge in [0.1, 0.15) is 4.83 Å². The monoisotopic (exact) mass is 320 g/mol. The molecule has 0 radical (unpaired) electrons. The van der Waals surface area contributed by atoms with E-state index >= 15 is 0 Å². The number of rotatable bonds is 1. The summed E-state index contributed by atoms with van der Waals surface area (Å²) in [5.41, 5.74) is 1.46. The molecule has 21 heavy (non-hydrogen) atoms. The molecular weight excluding hydrogens is 300 g/mol. The average Bonchev–Trinajstić information content (AvgIpc) is 3.02. The van der Waals surface area contributed by atoms with Crippen LogP contribution in [-0.4, -0.2) is 9.55 Å². The van der Waals surface area contributed by atoms with Gasteiger partial charge in [0.25, 0.3) is 5.56 Å². The van der Waals surface area contributed by atoms with E-state index in [0.717, 1.165) is 29.5 Å². The van der Waals surface area contributed by atoms with Crippen molar-refractivity contribution in [3.8, 4) is 0 Å². The fourth-order valence-corrected chi connectivity index (χ4v) is 5.73. The third-order valence-electron chi connectivity index (χ3n) is 5.19. The first-order valence-electron chi connectivity index (χ1n) is 7.96. The molecule has 1 fully saturated rings. The van der Waals surface area contributed by atoms with Crippen LogP contribution in [0.4, 0.5) is 0 Å². The van der Waals surface area contributed by atoms with Gasteiger partial charge in [-0.1, -0.05) is 13.3 Å². The van der Waals surface area contributed by atoms with Crippen molar-refractivity contribution in [2.75, 3.05) is 0 Å². The van der Waals surface area contributed by atoms with Crippen LogP contribution < -0.4 is 5.56 Å². The van der Waals surface area contributed by atoms with Crippen LogP contribution in [0, 0.1) is 10.7 Å². The largest absolute Gasteiger partial charge is 0.323 e. The van der Waals surface area contributed by atoms with Crippen molar-refractivity contribution in [1.29, 1.82) is 0 Å². The van der Waals surface area contributed by atoms with Gasteiger partial charge in [-0.2, -0.15) is 0 Å². The minimum Gasteiger partial charge on any atom is -0.323 e. The number of aromatic nitrogens is 2. The smallest absolute Gasteiger partial charge is 0.263 e. The molecule has 2 aromatic rings. The molecule has 1 saturated carbocycles. The average molecular weight is 320 g/mol. The van der Waals surface area contributed by atoms with Crippen molar-refractivity contribution in [2.45, 2.75) is 57.9 Å². The Balaban J connectivity index is 2.00. The maximum absolute atomic E-state index is 13.1. The molecule has 2 aliphatic carbocycles. The molecule has 3 nitrogen and oxygen atoms in total. The van der Waals surface area contributed by atoms with E-state index in [2.05, 4.69) is 11.9 Å². The molecule has 2 aliphatic rings. The van der Waals surface area contributed by atoms with Crippen LogP contribution in [0.1, 0.15) is 55.5 Å². The first-order chi connectivity index (χ1) is 10.2. The molecular formula is C16H20N2OS2. The predicted molar refractivity (Wildman–Crippen MR) is 90.0 cm³/mol. The zero-order chi connectivity index (χ0) is 14.6. The molecule has 2 unspecified atom stereocenters. The first-order valence-corrected chi connectivity index (χ1v) is 9.18. The number of hydrogen-bond donors (Lipinski definition) is 1. The van der Waals surface area contributed by atoms with Gasteiger partial charge in [0.05, 0.1) is 5.39 Å². The lowest BCUT2D eigenvalue weighted by molar-refractivity contribution is 0.392. The van der Waals surface area contributed by atoms with E-state index in [-0.39, 0.29) is 11.6 Å². The number of aryl methyl sites for hydroxylation is 2. The van der Waals surface area contributed by atoms with Crippen molar-refractivity contribution in [3.63, 3.8) is 0 Å². The van der Waals surface area contributed by atoms with Gasteiger partial charge in [-0.15, -0.1) is 11.3 Å². The summed E-state index contributed by atoms with van der Waals surface area (Å²) in [6.45, 7) is 2.24. The van der Waals surface area contributed by atoms with Crippen molar-refractivity contribution >= 4 is 33.8 Å². The second kappa shape index (κ2) is 5.06. The number of aromatic amines is 1. The van der Waals surface area contributed by atoms with Gasteiger partial charge in [0, 0.05) is 10.9 Å². The van der Waals surface area contributed by atoms with Crippen molar-refractivity contribution in [3.05, 3.63) is 25.6 Å². The third kappa shape index (κ3) is 2.05. The normalized spacial score (nSPS) is 25.4. The highest BCUT2D eigenvalue weighted by Gasteiger charge is 2.28. The zero-order valence-corrected chi connectivity index (χ0v) is 13.9. The maximum Gasteiger partial charge on any atom is 0.263 e. The highest BCUT2D eigenvalue weighted by molar-refractivity contribution is 7.71. The lowest BCUT2D eigenvalue weighted by atomic mass is 9.97. The van der Waals surface area contributed by atoms with Crippen LogP contribution in [0.5, 0.6) is 0 Å². The Bertz CT molecular complexity index is 814. The van der Waals surface area contributed by atoms with Crippen LogP contribution in [0.15, 0.2) is 4.79 Å².